The second kappa shape index (κ2) is 7.60. The van der Waals surface area contributed by atoms with E-state index in [2.05, 4.69) is 15.4 Å². The number of thiazole rings is 1. The lowest BCUT2D eigenvalue weighted by atomic mass is 10.2. The summed E-state index contributed by atoms with van der Waals surface area (Å²) in [5.41, 5.74) is 1.02. The van der Waals surface area contributed by atoms with E-state index in [1.54, 1.807) is 18.2 Å². The van der Waals surface area contributed by atoms with Crippen LogP contribution in [0.15, 0.2) is 41.8 Å². The Morgan fingerprint density at radius 3 is 2.66 bits per heavy atom. The van der Waals surface area contributed by atoms with Gasteiger partial charge in [0.05, 0.1) is 15.6 Å². The predicted octanol–water partition coefficient (Wildman–Crippen LogP) is 5.58. The molecule has 146 valence electrons. The van der Waals surface area contributed by atoms with Gasteiger partial charge >= 0.3 is 0 Å². The number of benzene rings is 2. The molecule has 2 aromatic carbocycles. The first-order valence-electron chi connectivity index (χ1n) is 7.88. The average molecular weight is 469 g/mol. The summed E-state index contributed by atoms with van der Waals surface area (Å²) in [7, 11) is 0. The zero-order chi connectivity index (χ0) is 20.7. The maximum atomic E-state index is 12.5. The van der Waals surface area contributed by atoms with Crippen molar-refractivity contribution in [1.29, 1.82) is 0 Å². The molecular weight excluding hydrogens is 461 g/mol. The number of carbonyl (C=O) groups excluding carboxylic acids is 1. The van der Waals surface area contributed by atoms with Gasteiger partial charge in [-0.25, -0.2) is 4.52 Å². The fourth-order valence-corrected chi connectivity index (χ4v) is 3.98. The van der Waals surface area contributed by atoms with Crippen molar-refractivity contribution in [2.75, 3.05) is 5.32 Å². The highest BCUT2D eigenvalue weighted by atomic mass is 35.5. The minimum atomic E-state index is -0.662. The van der Waals surface area contributed by atoms with Crippen LogP contribution < -0.4 is 5.32 Å². The summed E-state index contributed by atoms with van der Waals surface area (Å²) >= 11 is 19.4. The Hall–Kier alpha value is -2.72. The van der Waals surface area contributed by atoms with Gasteiger partial charge in [0.1, 0.15) is 5.02 Å². The molecule has 1 N–H and O–H groups in total. The van der Waals surface area contributed by atoms with E-state index in [9.17, 15) is 14.9 Å². The Balaban J connectivity index is 1.65. The van der Waals surface area contributed by atoms with Crippen LogP contribution >= 0.6 is 46.1 Å². The van der Waals surface area contributed by atoms with E-state index in [1.807, 2.05) is 5.38 Å². The lowest BCUT2D eigenvalue weighted by Gasteiger charge is -2.03. The number of fused-ring (bicyclic) bond motifs is 1. The number of anilines is 1. The molecule has 0 bridgehead atoms. The topological polar surface area (TPSA) is 102 Å². The van der Waals surface area contributed by atoms with Gasteiger partial charge in [0.25, 0.3) is 17.5 Å². The highest BCUT2D eigenvalue weighted by Gasteiger charge is 2.19. The number of halogens is 3. The Morgan fingerprint density at radius 1 is 1.14 bits per heavy atom. The highest BCUT2D eigenvalue weighted by Crippen LogP contribution is 2.33. The third-order valence-corrected chi connectivity index (χ3v) is 5.62. The molecular formula is C17H8Cl3N5O3S. The minimum absolute atomic E-state index is 0.0406. The maximum absolute atomic E-state index is 12.5. The molecule has 0 radical (unpaired) electrons. The molecule has 4 rings (SSSR count). The summed E-state index contributed by atoms with van der Waals surface area (Å²) < 4.78 is 1.53. The first-order chi connectivity index (χ1) is 13.8. The van der Waals surface area contributed by atoms with Crippen LogP contribution in [0.5, 0.6) is 0 Å². The van der Waals surface area contributed by atoms with Gasteiger partial charge in [0, 0.05) is 27.6 Å². The number of carbonyl (C=O) groups is 1. The van der Waals surface area contributed by atoms with E-state index >= 15 is 0 Å². The van der Waals surface area contributed by atoms with E-state index in [0.717, 1.165) is 6.07 Å². The van der Waals surface area contributed by atoms with Gasteiger partial charge in [-0.3, -0.25) is 20.2 Å². The number of hydrogen-bond acceptors (Lipinski definition) is 6. The van der Waals surface area contributed by atoms with E-state index in [0.29, 0.717) is 26.3 Å². The molecule has 0 saturated heterocycles. The number of rotatable bonds is 4. The van der Waals surface area contributed by atoms with Gasteiger partial charge in [-0.05, 0) is 30.3 Å². The van der Waals surface area contributed by atoms with Crippen molar-refractivity contribution in [1.82, 2.24) is 14.6 Å². The summed E-state index contributed by atoms with van der Waals surface area (Å²) in [5.74, 6) is -0.566. The molecule has 0 unspecified atom stereocenters. The first kappa shape index (κ1) is 19.6. The van der Waals surface area contributed by atoms with Gasteiger partial charge in [-0.1, -0.05) is 34.8 Å². The van der Waals surface area contributed by atoms with Crippen molar-refractivity contribution in [3.8, 4) is 11.3 Å². The lowest BCUT2D eigenvalue weighted by Crippen LogP contribution is -2.13. The molecule has 29 heavy (non-hydrogen) atoms. The lowest BCUT2D eigenvalue weighted by molar-refractivity contribution is -0.384. The molecule has 1 amide bonds. The fraction of sp³-hybridized carbons (Fsp3) is 0. The quantitative estimate of drug-likeness (QED) is 0.311. The Kier molecular flexibility index (Phi) is 5.13. The molecule has 0 aliphatic carbocycles. The number of nitro groups is 1. The largest absolute Gasteiger partial charge is 0.289 e. The molecule has 8 nitrogen and oxygen atoms in total. The van der Waals surface area contributed by atoms with Crippen LogP contribution in [-0.2, 0) is 0 Å². The molecule has 0 fully saturated rings. The third kappa shape index (κ3) is 3.77. The molecule has 0 spiro atoms. The first-order valence-corrected chi connectivity index (χ1v) is 9.90. The molecule has 0 atom stereocenters. The molecule has 2 heterocycles. The van der Waals surface area contributed by atoms with Crippen LogP contribution in [0.2, 0.25) is 15.1 Å². The van der Waals surface area contributed by atoms with Crippen molar-refractivity contribution in [3.05, 3.63) is 72.5 Å². The molecule has 4 aromatic rings. The van der Waals surface area contributed by atoms with Crippen molar-refractivity contribution in [3.63, 3.8) is 0 Å². The normalized spacial score (nSPS) is 11.0. The van der Waals surface area contributed by atoms with Crippen LogP contribution in [0, 0.1) is 10.1 Å². The molecule has 0 saturated carbocycles. The van der Waals surface area contributed by atoms with Crippen molar-refractivity contribution in [2.24, 2.45) is 0 Å². The number of hydrogen-bond donors (Lipinski definition) is 1. The van der Waals surface area contributed by atoms with Gasteiger partial charge in [-0.15, -0.1) is 16.4 Å². The van der Waals surface area contributed by atoms with Crippen LogP contribution in [0.25, 0.3) is 16.2 Å². The summed E-state index contributed by atoms with van der Waals surface area (Å²) in [6, 6.07) is 8.81. The van der Waals surface area contributed by atoms with Crippen LogP contribution in [0.3, 0.4) is 0 Å². The smallest absolute Gasteiger partial charge is 0.288 e. The number of nitrogens with one attached hydrogen (secondary N) is 1. The zero-order valence-corrected chi connectivity index (χ0v) is 17.2. The second-order valence-corrected chi connectivity index (χ2v) is 7.84. The number of nitrogens with zero attached hydrogens (tertiary/aromatic N) is 4. The van der Waals surface area contributed by atoms with E-state index in [-0.39, 0.29) is 22.2 Å². The Bertz CT molecular complexity index is 1290. The van der Waals surface area contributed by atoms with Crippen molar-refractivity contribution in [2.45, 2.75) is 0 Å². The monoisotopic (exact) mass is 467 g/mol. The number of amides is 1. The summed E-state index contributed by atoms with van der Waals surface area (Å²) in [4.78, 5) is 27.6. The number of aromatic nitrogens is 3. The Labute approximate surface area is 181 Å². The zero-order valence-electron chi connectivity index (χ0n) is 14.1. The van der Waals surface area contributed by atoms with Gasteiger partial charge in [-0.2, -0.15) is 4.98 Å². The minimum Gasteiger partial charge on any atom is -0.289 e. The van der Waals surface area contributed by atoms with Crippen molar-refractivity contribution >= 4 is 68.6 Å². The van der Waals surface area contributed by atoms with Crippen LogP contribution in [-0.4, -0.2) is 25.4 Å². The molecule has 2 aromatic heterocycles. The molecule has 0 aliphatic heterocycles. The predicted molar refractivity (Wildman–Crippen MR) is 112 cm³/mol. The van der Waals surface area contributed by atoms with E-state index in [1.165, 1.54) is 28.0 Å². The summed E-state index contributed by atoms with van der Waals surface area (Å²) in [6.07, 6.45) is 0. The van der Waals surface area contributed by atoms with Gasteiger partial charge in [0.2, 0.25) is 4.96 Å². The maximum Gasteiger partial charge on any atom is 0.288 e. The van der Waals surface area contributed by atoms with Crippen LogP contribution in [0.4, 0.5) is 11.6 Å². The average Bonchev–Trinajstić information content (AvgIpc) is 3.24. The molecule has 12 heteroatoms. The van der Waals surface area contributed by atoms with Gasteiger partial charge in [0.15, 0.2) is 0 Å². The fourth-order valence-electron chi connectivity index (χ4n) is 2.58. The molecule has 0 aliphatic rings. The van der Waals surface area contributed by atoms with Crippen molar-refractivity contribution < 1.29 is 9.72 Å². The van der Waals surface area contributed by atoms with E-state index in [4.69, 9.17) is 34.8 Å². The third-order valence-electron chi connectivity index (χ3n) is 3.92. The Morgan fingerprint density at radius 2 is 1.90 bits per heavy atom. The highest BCUT2D eigenvalue weighted by molar-refractivity contribution is 7.15. The number of nitro benzene ring substituents is 1. The SMILES string of the molecule is O=C(Nc1nc2scc(-c3cc(Cl)ccc3Cl)n2n1)c1ccc(Cl)c([N+](=O)[O-])c1. The standard InChI is InChI=1S/C17H8Cl3N5O3S/c18-9-2-4-11(19)10(6-9)14-7-29-17-22-16(23-24(14)17)21-15(26)8-1-3-12(20)13(5-8)25(27)28/h1-7H,(H,21,23,26). The summed E-state index contributed by atoms with van der Waals surface area (Å²) in [6.45, 7) is 0. The van der Waals surface area contributed by atoms with E-state index < -0.39 is 10.8 Å². The summed E-state index contributed by atoms with van der Waals surface area (Å²) in [5, 5.41) is 20.6. The van der Waals surface area contributed by atoms with Crippen LogP contribution in [0.1, 0.15) is 10.4 Å². The second-order valence-electron chi connectivity index (χ2n) is 5.75. The van der Waals surface area contributed by atoms with Gasteiger partial charge < -0.3 is 0 Å².